The van der Waals surface area contributed by atoms with Crippen molar-refractivity contribution >= 4 is 6.09 Å². The molecule has 6 heteroatoms. The maximum absolute atomic E-state index is 12.0. The van der Waals surface area contributed by atoms with Crippen molar-refractivity contribution in [1.29, 1.82) is 5.26 Å². The molecule has 22 heavy (non-hydrogen) atoms. The van der Waals surface area contributed by atoms with E-state index in [2.05, 4.69) is 11.1 Å². The standard InChI is InChI=1S/C16H21N3O3/c1-11-7-12(9-17)8-14(18-11)21-13-5-6-19(10-13)15(20)22-16(2,3)4/h7-8,13H,5-6,10H2,1-4H3/t13-/m1/s1. The van der Waals surface area contributed by atoms with Gasteiger partial charge in [-0.3, -0.25) is 0 Å². The normalized spacial score (nSPS) is 18.0. The highest BCUT2D eigenvalue weighted by molar-refractivity contribution is 5.68. The highest BCUT2D eigenvalue weighted by Crippen LogP contribution is 2.20. The molecule has 6 nitrogen and oxygen atoms in total. The first kappa shape index (κ1) is 16.1. The van der Waals surface area contributed by atoms with E-state index in [4.69, 9.17) is 14.7 Å². The molecule has 1 aliphatic heterocycles. The summed E-state index contributed by atoms with van der Waals surface area (Å²) in [6.07, 6.45) is 0.262. The predicted octanol–water partition coefficient (Wildman–Crippen LogP) is 2.65. The van der Waals surface area contributed by atoms with Gasteiger partial charge in [0.2, 0.25) is 5.88 Å². The summed E-state index contributed by atoms with van der Waals surface area (Å²) in [5.74, 6) is 0.424. The second kappa shape index (κ2) is 6.22. The van der Waals surface area contributed by atoms with Crippen molar-refractivity contribution in [3.63, 3.8) is 0 Å². The molecule has 0 N–H and O–H groups in total. The van der Waals surface area contributed by atoms with Crippen LogP contribution in [0.4, 0.5) is 4.79 Å². The average molecular weight is 303 g/mol. The molecule has 2 heterocycles. The molecule has 1 amide bonds. The third-order valence-electron chi connectivity index (χ3n) is 3.14. The number of rotatable bonds is 2. The summed E-state index contributed by atoms with van der Waals surface area (Å²) >= 11 is 0. The Morgan fingerprint density at radius 1 is 1.45 bits per heavy atom. The number of amides is 1. The van der Waals surface area contributed by atoms with E-state index in [1.54, 1.807) is 17.0 Å². The van der Waals surface area contributed by atoms with Crippen LogP contribution in [-0.4, -0.2) is 40.8 Å². The third-order valence-corrected chi connectivity index (χ3v) is 3.14. The summed E-state index contributed by atoms with van der Waals surface area (Å²) in [6.45, 7) is 8.40. The van der Waals surface area contributed by atoms with Crippen LogP contribution in [0.3, 0.4) is 0 Å². The summed E-state index contributed by atoms with van der Waals surface area (Å²) in [5.41, 5.74) is 0.746. The molecule has 0 bridgehead atoms. The van der Waals surface area contributed by atoms with Gasteiger partial charge in [-0.25, -0.2) is 9.78 Å². The Balaban J connectivity index is 1.96. The fraction of sp³-hybridized carbons (Fsp3) is 0.562. The minimum atomic E-state index is -0.504. The summed E-state index contributed by atoms with van der Waals surface area (Å²) in [4.78, 5) is 17.9. The molecule has 0 spiro atoms. The number of ether oxygens (including phenoxy) is 2. The summed E-state index contributed by atoms with van der Waals surface area (Å²) in [5, 5.41) is 8.97. The van der Waals surface area contributed by atoms with Gasteiger partial charge < -0.3 is 14.4 Å². The fourth-order valence-electron chi connectivity index (χ4n) is 2.25. The van der Waals surface area contributed by atoms with Gasteiger partial charge in [0.1, 0.15) is 11.7 Å². The van der Waals surface area contributed by atoms with Crippen molar-refractivity contribution in [2.24, 2.45) is 0 Å². The number of hydrogen-bond acceptors (Lipinski definition) is 5. The van der Waals surface area contributed by atoms with Gasteiger partial charge >= 0.3 is 6.09 Å². The molecule has 0 aromatic carbocycles. The first-order valence-corrected chi connectivity index (χ1v) is 7.30. The quantitative estimate of drug-likeness (QED) is 0.839. The third kappa shape index (κ3) is 4.35. The zero-order valence-corrected chi connectivity index (χ0v) is 13.4. The maximum Gasteiger partial charge on any atom is 0.410 e. The SMILES string of the molecule is Cc1cc(C#N)cc(O[C@@H]2CCN(C(=O)OC(C)(C)C)C2)n1. The van der Waals surface area contributed by atoms with Crippen LogP contribution in [0.1, 0.15) is 38.4 Å². The Bertz CT molecular complexity index is 602. The number of nitrogens with zero attached hydrogens (tertiary/aromatic N) is 3. The molecule has 2 rings (SSSR count). The van der Waals surface area contributed by atoms with Crippen molar-refractivity contribution < 1.29 is 14.3 Å². The van der Waals surface area contributed by atoms with Crippen LogP contribution in [0.2, 0.25) is 0 Å². The minimum Gasteiger partial charge on any atom is -0.472 e. The second-order valence-electron chi connectivity index (χ2n) is 6.40. The Kier molecular flexibility index (Phi) is 4.55. The summed E-state index contributed by atoms with van der Waals surface area (Å²) in [7, 11) is 0. The van der Waals surface area contributed by atoms with Gasteiger partial charge in [-0.05, 0) is 33.8 Å². The Hall–Kier alpha value is -2.29. The average Bonchev–Trinajstić information content (AvgIpc) is 2.84. The lowest BCUT2D eigenvalue weighted by atomic mass is 10.2. The molecule has 1 aromatic rings. The van der Waals surface area contributed by atoms with E-state index in [9.17, 15) is 4.79 Å². The number of carbonyl (C=O) groups excluding carboxylic acids is 1. The van der Waals surface area contributed by atoms with Gasteiger partial charge in [-0.2, -0.15) is 5.26 Å². The number of aromatic nitrogens is 1. The number of likely N-dealkylation sites (tertiary alicyclic amines) is 1. The molecule has 0 saturated carbocycles. The number of aryl methyl sites for hydroxylation is 1. The van der Waals surface area contributed by atoms with E-state index in [0.717, 1.165) is 12.1 Å². The summed E-state index contributed by atoms with van der Waals surface area (Å²) in [6, 6.07) is 5.40. The van der Waals surface area contributed by atoms with E-state index < -0.39 is 5.60 Å². The van der Waals surface area contributed by atoms with Crippen LogP contribution in [0.15, 0.2) is 12.1 Å². The molecule has 1 saturated heterocycles. The van der Waals surface area contributed by atoms with Crippen molar-refractivity contribution in [3.05, 3.63) is 23.4 Å². The smallest absolute Gasteiger partial charge is 0.410 e. The predicted molar refractivity (Wildman–Crippen MR) is 80.5 cm³/mol. The lowest BCUT2D eigenvalue weighted by Gasteiger charge is -2.24. The van der Waals surface area contributed by atoms with Crippen molar-refractivity contribution in [3.8, 4) is 11.9 Å². The number of carbonyl (C=O) groups is 1. The highest BCUT2D eigenvalue weighted by Gasteiger charge is 2.31. The highest BCUT2D eigenvalue weighted by atomic mass is 16.6. The molecule has 1 fully saturated rings. The monoisotopic (exact) mass is 303 g/mol. The van der Waals surface area contributed by atoms with E-state index in [1.807, 2.05) is 27.7 Å². The van der Waals surface area contributed by atoms with Gasteiger partial charge in [0.05, 0.1) is 18.2 Å². The topological polar surface area (TPSA) is 75.5 Å². The minimum absolute atomic E-state index is 0.131. The zero-order valence-electron chi connectivity index (χ0n) is 13.4. The van der Waals surface area contributed by atoms with Gasteiger partial charge in [-0.1, -0.05) is 0 Å². The molecular weight excluding hydrogens is 282 g/mol. The van der Waals surface area contributed by atoms with Crippen molar-refractivity contribution in [2.75, 3.05) is 13.1 Å². The fourth-order valence-corrected chi connectivity index (χ4v) is 2.25. The molecule has 1 atom stereocenters. The molecule has 0 aliphatic carbocycles. The molecule has 1 aliphatic rings. The maximum atomic E-state index is 12.0. The first-order chi connectivity index (χ1) is 10.3. The molecule has 0 radical (unpaired) electrons. The van der Waals surface area contributed by atoms with Crippen LogP contribution in [0, 0.1) is 18.3 Å². The Morgan fingerprint density at radius 3 is 2.82 bits per heavy atom. The molecule has 1 aromatic heterocycles. The molecular formula is C16H21N3O3. The van der Waals surface area contributed by atoms with Crippen molar-refractivity contribution in [1.82, 2.24) is 9.88 Å². The van der Waals surface area contributed by atoms with E-state index >= 15 is 0 Å². The van der Waals surface area contributed by atoms with Crippen molar-refractivity contribution in [2.45, 2.75) is 45.8 Å². The second-order valence-corrected chi connectivity index (χ2v) is 6.40. The summed E-state index contributed by atoms with van der Waals surface area (Å²) < 4.78 is 11.1. The van der Waals surface area contributed by atoms with Gasteiger partial charge in [-0.15, -0.1) is 0 Å². The van der Waals surface area contributed by atoms with Crippen LogP contribution >= 0.6 is 0 Å². The van der Waals surface area contributed by atoms with Crippen LogP contribution in [0.25, 0.3) is 0 Å². The van der Waals surface area contributed by atoms with E-state index in [1.165, 1.54) is 0 Å². The van der Waals surface area contributed by atoms with Crippen LogP contribution < -0.4 is 4.74 Å². The van der Waals surface area contributed by atoms with Gasteiger partial charge in [0.25, 0.3) is 0 Å². The largest absolute Gasteiger partial charge is 0.472 e. The van der Waals surface area contributed by atoms with Gasteiger partial charge in [0, 0.05) is 24.7 Å². The van der Waals surface area contributed by atoms with Gasteiger partial charge in [0.15, 0.2) is 0 Å². The van der Waals surface area contributed by atoms with Crippen LogP contribution in [-0.2, 0) is 4.74 Å². The number of nitriles is 1. The molecule has 118 valence electrons. The lowest BCUT2D eigenvalue weighted by Crippen LogP contribution is -2.36. The van der Waals surface area contributed by atoms with E-state index in [-0.39, 0.29) is 12.2 Å². The first-order valence-electron chi connectivity index (χ1n) is 7.30. The van der Waals surface area contributed by atoms with E-state index in [0.29, 0.717) is 24.5 Å². The van der Waals surface area contributed by atoms with Crippen LogP contribution in [0.5, 0.6) is 5.88 Å². The Labute approximate surface area is 130 Å². The number of pyridine rings is 1. The number of hydrogen-bond donors (Lipinski definition) is 0. The lowest BCUT2D eigenvalue weighted by molar-refractivity contribution is 0.0275. The zero-order chi connectivity index (χ0) is 16.3. The molecule has 0 unspecified atom stereocenters. The Morgan fingerprint density at radius 2 is 2.18 bits per heavy atom.